The van der Waals surface area contributed by atoms with Crippen LogP contribution in [0, 0.1) is 6.92 Å². The van der Waals surface area contributed by atoms with E-state index in [9.17, 15) is 9.59 Å². The van der Waals surface area contributed by atoms with Crippen molar-refractivity contribution < 1.29 is 14.3 Å². The molecule has 0 saturated heterocycles. The van der Waals surface area contributed by atoms with Crippen molar-refractivity contribution >= 4 is 5.97 Å². The van der Waals surface area contributed by atoms with Gasteiger partial charge in [-0.15, -0.1) is 0 Å². The molecule has 0 bridgehead atoms. The monoisotopic (exact) mass is 341 g/mol. The van der Waals surface area contributed by atoms with Crippen molar-refractivity contribution in [2.45, 2.75) is 26.3 Å². The maximum absolute atomic E-state index is 13.1. The molecule has 1 aliphatic rings. The second-order valence-electron chi connectivity index (χ2n) is 5.70. The Balaban J connectivity index is 2.35. The zero-order valence-corrected chi connectivity index (χ0v) is 14.3. The smallest absolute Gasteiger partial charge is 0.340 e. The first-order chi connectivity index (χ1) is 12.0. The number of aryl methyl sites for hydroxylation is 1. The van der Waals surface area contributed by atoms with E-state index in [1.54, 1.807) is 35.2 Å². The van der Waals surface area contributed by atoms with Gasteiger partial charge in [0.2, 0.25) is 5.88 Å². The molecule has 7 heteroatoms. The molecule has 2 aromatic rings. The largest absolute Gasteiger partial charge is 0.465 e. The Labute approximate surface area is 144 Å². The van der Waals surface area contributed by atoms with E-state index in [0.29, 0.717) is 23.4 Å². The molecule has 1 aliphatic heterocycles. The molecule has 0 aliphatic carbocycles. The summed E-state index contributed by atoms with van der Waals surface area (Å²) in [5, 5.41) is 0. The molecule has 25 heavy (non-hydrogen) atoms. The average Bonchev–Trinajstić information content (AvgIpc) is 2.61. The fraction of sp³-hybridized carbons (Fsp3) is 0.278. The molecule has 0 fully saturated rings. The minimum atomic E-state index is -0.698. The number of carbonyl (C=O) groups excluding carboxylic acids is 1. The molecule has 0 amide bonds. The van der Waals surface area contributed by atoms with E-state index < -0.39 is 11.9 Å². The summed E-state index contributed by atoms with van der Waals surface area (Å²) in [6, 6.07) is 5.28. The summed E-state index contributed by atoms with van der Waals surface area (Å²) < 4.78 is 12.1. The van der Waals surface area contributed by atoms with Crippen LogP contribution >= 0.6 is 0 Å². The fourth-order valence-corrected chi connectivity index (χ4v) is 3.17. The summed E-state index contributed by atoms with van der Waals surface area (Å²) in [5.41, 5.74) is 7.65. The van der Waals surface area contributed by atoms with Crippen molar-refractivity contribution in [2.75, 3.05) is 7.11 Å². The van der Waals surface area contributed by atoms with Crippen molar-refractivity contribution in [3.63, 3.8) is 0 Å². The molecule has 0 spiro atoms. The Morgan fingerprint density at radius 1 is 1.48 bits per heavy atom. The van der Waals surface area contributed by atoms with E-state index in [2.05, 4.69) is 4.98 Å². The molecule has 3 rings (SSSR count). The van der Waals surface area contributed by atoms with Crippen LogP contribution in [0.25, 0.3) is 0 Å². The number of esters is 1. The zero-order chi connectivity index (χ0) is 18.1. The lowest BCUT2D eigenvalue weighted by atomic mass is 9.84. The molecule has 2 aromatic heterocycles. The normalized spacial score (nSPS) is 16.2. The SMILES string of the molecule is CCn1c(C)cc2c(c1=O)[C@H](c1cccnc1)C(C(=O)OC)=C(N)O2. The van der Waals surface area contributed by atoms with Crippen molar-refractivity contribution in [3.05, 3.63) is 69.2 Å². The number of hydrogen-bond acceptors (Lipinski definition) is 6. The number of ether oxygens (including phenoxy) is 2. The van der Waals surface area contributed by atoms with Gasteiger partial charge in [-0.2, -0.15) is 0 Å². The molecule has 3 heterocycles. The van der Waals surface area contributed by atoms with Gasteiger partial charge in [0.15, 0.2) is 0 Å². The summed E-state index contributed by atoms with van der Waals surface area (Å²) >= 11 is 0. The molecule has 2 N–H and O–H groups in total. The summed E-state index contributed by atoms with van der Waals surface area (Å²) in [7, 11) is 1.26. The van der Waals surface area contributed by atoms with Crippen molar-refractivity contribution in [3.8, 4) is 5.75 Å². The number of pyridine rings is 2. The highest BCUT2D eigenvalue weighted by atomic mass is 16.5. The molecule has 0 saturated carbocycles. The van der Waals surface area contributed by atoms with E-state index in [1.807, 2.05) is 13.8 Å². The van der Waals surface area contributed by atoms with Gasteiger partial charge in [0, 0.05) is 30.7 Å². The van der Waals surface area contributed by atoms with Gasteiger partial charge in [-0.25, -0.2) is 4.79 Å². The Morgan fingerprint density at radius 3 is 2.84 bits per heavy atom. The number of hydrogen-bond donors (Lipinski definition) is 1. The van der Waals surface area contributed by atoms with Crippen LogP contribution in [-0.2, 0) is 16.1 Å². The van der Waals surface area contributed by atoms with E-state index in [0.717, 1.165) is 5.69 Å². The highest BCUT2D eigenvalue weighted by Crippen LogP contribution is 2.40. The fourth-order valence-electron chi connectivity index (χ4n) is 3.17. The second-order valence-corrected chi connectivity index (χ2v) is 5.70. The average molecular weight is 341 g/mol. The number of fused-ring (bicyclic) bond motifs is 1. The first-order valence-corrected chi connectivity index (χ1v) is 7.89. The summed E-state index contributed by atoms with van der Waals surface area (Å²) in [6.07, 6.45) is 3.22. The number of carbonyl (C=O) groups is 1. The molecule has 130 valence electrons. The van der Waals surface area contributed by atoms with E-state index >= 15 is 0 Å². The molecule has 0 radical (unpaired) electrons. The zero-order valence-electron chi connectivity index (χ0n) is 14.3. The van der Waals surface area contributed by atoms with Gasteiger partial charge in [-0.1, -0.05) is 6.07 Å². The lowest BCUT2D eigenvalue weighted by molar-refractivity contribution is -0.136. The van der Waals surface area contributed by atoms with E-state index in [1.165, 1.54) is 7.11 Å². The van der Waals surface area contributed by atoms with Gasteiger partial charge >= 0.3 is 5.97 Å². The predicted octanol–water partition coefficient (Wildman–Crippen LogP) is 1.44. The highest BCUT2D eigenvalue weighted by molar-refractivity contribution is 5.92. The van der Waals surface area contributed by atoms with Gasteiger partial charge in [-0.3, -0.25) is 9.78 Å². The maximum atomic E-state index is 13.1. The van der Waals surface area contributed by atoms with Crippen LogP contribution in [0.3, 0.4) is 0 Å². The number of aromatic nitrogens is 2. The van der Waals surface area contributed by atoms with Gasteiger partial charge in [0.25, 0.3) is 5.56 Å². The quantitative estimate of drug-likeness (QED) is 0.849. The Bertz CT molecular complexity index is 916. The van der Waals surface area contributed by atoms with Gasteiger partial charge in [0.05, 0.1) is 18.6 Å². The lowest BCUT2D eigenvalue weighted by Crippen LogP contribution is -2.34. The summed E-state index contributed by atoms with van der Waals surface area (Å²) in [5.74, 6) is -1.05. The summed E-state index contributed by atoms with van der Waals surface area (Å²) in [4.78, 5) is 29.5. The Morgan fingerprint density at radius 2 is 2.24 bits per heavy atom. The second kappa shape index (κ2) is 6.43. The van der Waals surface area contributed by atoms with Crippen LogP contribution in [0.15, 0.2) is 46.8 Å². The minimum Gasteiger partial charge on any atom is -0.465 e. The standard InChI is InChI=1S/C18H19N3O4/c1-4-21-10(2)8-12-14(17(21)22)13(11-6-5-7-20-9-11)15(16(19)25-12)18(23)24-3/h5-9,13H,4,19H2,1-3H3/t13-/m0/s1. The van der Waals surface area contributed by atoms with Crippen molar-refractivity contribution in [2.24, 2.45) is 5.73 Å². The minimum absolute atomic E-state index is 0.0683. The van der Waals surface area contributed by atoms with Crippen LogP contribution in [0.4, 0.5) is 0 Å². The van der Waals surface area contributed by atoms with Crippen LogP contribution < -0.4 is 16.0 Å². The van der Waals surface area contributed by atoms with Crippen molar-refractivity contribution in [1.29, 1.82) is 0 Å². The third-order valence-corrected chi connectivity index (χ3v) is 4.31. The number of nitrogens with two attached hydrogens (primary N) is 1. The third-order valence-electron chi connectivity index (χ3n) is 4.31. The van der Waals surface area contributed by atoms with Crippen molar-refractivity contribution in [1.82, 2.24) is 9.55 Å². The molecular weight excluding hydrogens is 322 g/mol. The van der Waals surface area contributed by atoms with Gasteiger partial charge in [0.1, 0.15) is 11.3 Å². The van der Waals surface area contributed by atoms with E-state index in [4.69, 9.17) is 15.2 Å². The van der Waals surface area contributed by atoms with Crippen LogP contribution in [-0.4, -0.2) is 22.6 Å². The van der Waals surface area contributed by atoms with Gasteiger partial charge in [-0.05, 0) is 25.5 Å². The topological polar surface area (TPSA) is 96.4 Å². The number of nitrogens with zero attached hydrogens (tertiary/aromatic N) is 2. The first-order valence-electron chi connectivity index (χ1n) is 7.89. The molecule has 7 nitrogen and oxygen atoms in total. The highest BCUT2D eigenvalue weighted by Gasteiger charge is 2.38. The number of rotatable bonds is 3. The Hall–Kier alpha value is -3.09. The molecule has 0 unspecified atom stereocenters. The third kappa shape index (κ3) is 2.67. The van der Waals surface area contributed by atoms with Gasteiger partial charge < -0.3 is 19.8 Å². The lowest BCUT2D eigenvalue weighted by Gasteiger charge is -2.28. The number of methoxy groups -OCH3 is 1. The van der Waals surface area contributed by atoms with Crippen LogP contribution in [0.2, 0.25) is 0 Å². The van der Waals surface area contributed by atoms with E-state index in [-0.39, 0.29) is 17.0 Å². The molecular formula is C18H19N3O4. The predicted molar refractivity (Wildman–Crippen MR) is 91.1 cm³/mol. The molecule has 1 atom stereocenters. The maximum Gasteiger partial charge on any atom is 0.340 e. The Kier molecular flexibility index (Phi) is 4.31. The summed E-state index contributed by atoms with van der Waals surface area (Å²) in [6.45, 7) is 4.21. The molecule has 0 aromatic carbocycles. The first kappa shape index (κ1) is 16.8. The van der Waals surface area contributed by atoms with Crippen LogP contribution in [0.5, 0.6) is 5.75 Å². The van der Waals surface area contributed by atoms with Crippen LogP contribution in [0.1, 0.15) is 29.7 Å².